The van der Waals surface area contributed by atoms with Gasteiger partial charge in [0.25, 0.3) is 5.91 Å². The van der Waals surface area contributed by atoms with E-state index in [4.69, 9.17) is 5.73 Å². The number of benzene rings is 1. The lowest BCUT2D eigenvalue weighted by atomic mass is 10.1. The van der Waals surface area contributed by atoms with Gasteiger partial charge in [-0.25, -0.2) is 4.98 Å². The van der Waals surface area contributed by atoms with Gasteiger partial charge in [-0.3, -0.25) is 4.79 Å². The van der Waals surface area contributed by atoms with Crippen molar-refractivity contribution in [2.24, 2.45) is 5.73 Å². The Morgan fingerprint density at radius 2 is 2.00 bits per heavy atom. The minimum atomic E-state index is -0.404. The molecule has 0 atom stereocenters. The fourth-order valence-electron chi connectivity index (χ4n) is 1.85. The van der Waals surface area contributed by atoms with Crippen LogP contribution < -0.4 is 5.73 Å². The third-order valence-electron chi connectivity index (χ3n) is 2.76. The molecule has 1 heterocycles. The molecule has 94 valence electrons. The predicted octanol–water partition coefficient (Wildman–Crippen LogP) is 3.17. The molecule has 0 aliphatic rings. The summed E-state index contributed by atoms with van der Waals surface area (Å²) in [5.74, 6) is -0.404. The Kier molecular flexibility index (Phi) is 3.77. The van der Waals surface area contributed by atoms with Crippen LogP contribution in [0.2, 0.25) is 0 Å². The number of aryl methyl sites for hydroxylation is 2. The maximum Gasteiger partial charge on any atom is 0.260 e. The van der Waals surface area contributed by atoms with Gasteiger partial charge >= 0.3 is 0 Å². The topological polar surface area (TPSA) is 56.0 Å². The van der Waals surface area contributed by atoms with Crippen LogP contribution in [0.25, 0.3) is 10.6 Å². The number of nitrogens with zero attached hydrogens (tertiary/aromatic N) is 1. The summed E-state index contributed by atoms with van der Waals surface area (Å²) in [6.07, 6.45) is 2.23. The number of aromatic nitrogens is 1. The second kappa shape index (κ2) is 5.31. The molecule has 4 heteroatoms. The van der Waals surface area contributed by atoms with Gasteiger partial charge in [-0.05, 0) is 18.9 Å². The lowest BCUT2D eigenvalue weighted by Gasteiger charge is -2.00. The van der Waals surface area contributed by atoms with Gasteiger partial charge in [0.05, 0.1) is 5.69 Å². The molecule has 2 N–H and O–H groups in total. The Morgan fingerprint density at radius 1 is 1.33 bits per heavy atom. The van der Waals surface area contributed by atoms with Gasteiger partial charge in [0.1, 0.15) is 9.88 Å². The number of carbonyl (C=O) groups excluding carboxylic acids is 1. The fourth-order valence-corrected chi connectivity index (χ4v) is 2.77. The zero-order valence-electron chi connectivity index (χ0n) is 10.6. The van der Waals surface area contributed by atoms with Crippen molar-refractivity contribution in [3.05, 3.63) is 40.4 Å². The highest BCUT2D eigenvalue weighted by Gasteiger charge is 2.13. The summed E-state index contributed by atoms with van der Waals surface area (Å²) in [6.45, 7) is 3.97. The summed E-state index contributed by atoms with van der Waals surface area (Å²) < 4.78 is 0. The van der Waals surface area contributed by atoms with E-state index in [-0.39, 0.29) is 0 Å². The monoisotopic (exact) mass is 260 g/mol. The average Bonchev–Trinajstić information content (AvgIpc) is 2.73. The standard InChI is InChI=1S/C14H16N2OS/c1-3-4-10-5-7-11(8-6-10)14-16-9(2)12(18-14)13(15)17/h5-8H,3-4H2,1-2H3,(H2,15,17). The van der Waals surface area contributed by atoms with Gasteiger partial charge in [0, 0.05) is 5.56 Å². The van der Waals surface area contributed by atoms with Crippen molar-refractivity contribution in [2.75, 3.05) is 0 Å². The highest BCUT2D eigenvalue weighted by molar-refractivity contribution is 7.17. The Balaban J connectivity index is 2.31. The van der Waals surface area contributed by atoms with Crippen LogP contribution in [0.3, 0.4) is 0 Å². The molecule has 2 aromatic rings. The zero-order chi connectivity index (χ0) is 13.1. The van der Waals surface area contributed by atoms with Crippen molar-refractivity contribution in [3.63, 3.8) is 0 Å². The van der Waals surface area contributed by atoms with Crippen LogP contribution in [0.5, 0.6) is 0 Å². The molecular weight excluding hydrogens is 244 g/mol. The van der Waals surface area contributed by atoms with Gasteiger partial charge in [-0.1, -0.05) is 37.6 Å². The molecule has 18 heavy (non-hydrogen) atoms. The van der Waals surface area contributed by atoms with E-state index in [9.17, 15) is 4.79 Å². The second-order valence-corrected chi connectivity index (χ2v) is 5.24. The summed E-state index contributed by atoms with van der Waals surface area (Å²) in [5.41, 5.74) is 8.37. The summed E-state index contributed by atoms with van der Waals surface area (Å²) >= 11 is 1.35. The van der Waals surface area contributed by atoms with Gasteiger partial charge in [-0.15, -0.1) is 11.3 Å². The number of thiazole rings is 1. The first-order chi connectivity index (χ1) is 8.61. The van der Waals surface area contributed by atoms with Crippen molar-refractivity contribution < 1.29 is 4.79 Å². The highest BCUT2D eigenvalue weighted by Crippen LogP contribution is 2.27. The van der Waals surface area contributed by atoms with Crippen LogP contribution in [0.4, 0.5) is 0 Å². The molecule has 0 bridgehead atoms. The molecule has 1 aromatic carbocycles. The molecular formula is C14H16N2OS. The van der Waals surface area contributed by atoms with E-state index in [0.717, 1.165) is 23.4 Å². The number of rotatable bonds is 4. The second-order valence-electron chi connectivity index (χ2n) is 4.24. The molecule has 2 rings (SSSR count). The SMILES string of the molecule is CCCc1ccc(-c2nc(C)c(C(N)=O)s2)cc1. The molecule has 3 nitrogen and oxygen atoms in total. The normalized spacial score (nSPS) is 10.6. The smallest absolute Gasteiger partial charge is 0.260 e. The van der Waals surface area contributed by atoms with Crippen molar-refractivity contribution >= 4 is 17.2 Å². The van der Waals surface area contributed by atoms with Crippen molar-refractivity contribution in [2.45, 2.75) is 26.7 Å². The number of nitrogens with two attached hydrogens (primary N) is 1. The van der Waals surface area contributed by atoms with Crippen molar-refractivity contribution in [1.82, 2.24) is 4.98 Å². The average molecular weight is 260 g/mol. The molecule has 1 amide bonds. The van der Waals surface area contributed by atoms with E-state index in [1.807, 2.05) is 19.1 Å². The number of amides is 1. The largest absolute Gasteiger partial charge is 0.365 e. The lowest BCUT2D eigenvalue weighted by Crippen LogP contribution is -2.09. The molecule has 0 fully saturated rings. The maximum absolute atomic E-state index is 11.2. The summed E-state index contributed by atoms with van der Waals surface area (Å²) in [5, 5.41) is 0.851. The summed E-state index contributed by atoms with van der Waals surface area (Å²) in [7, 11) is 0. The number of hydrogen-bond donors (Lipinski definition) is 1. The molecule has 0 radical (unpaired) electrons. The van der Waals surface area contributed by atoms with Gasteiger partial charge in [-0.2, -0.15) is 0 Å². The van der Waals surface area contributed by atoms with E-state index in [1.54, 1.807) is 0 Å². The molecule has 0 unspecified atom stereocenters. The van der Waals surface area contributed by atoms with Crippen LogP contribution in [0, 0.1) is 6.92 Å². The third-order valence-corrected chi connectivity index (χ3v) is 3.98. The van der Waals surface area contributed by atoms with Crippen LogP contribution in [0.1, 0.15) is 34.3 Å². The molecule has 1 aromatic heterocycles. The van der Waals surface area contributed by atoms with Crippen molar-refractivity contribution in [3.8, 4) is 10.6 Å². The molecule has 0 aliphatic heterocycles. The Hall–Kier alpha value is -1.68. The highest BCUT2D eigenvalue weighted by atomic mass is 32.1. The zero-order valence-corrected chi connectivity index (χ0v) is 11.4. The predicted molar refractivity (Wildman–Crippen MR) is 74.8 cm³/mol. The molecule has 0 saturated carbocycles. The fraction of sp³-hybridized carbons (Fsp3) is 0.286. The molecule has 0 spiro atoms. The van der Waals surface area contributed by atoms with E-state index in [1.165, 1.54) is 16.9 Å². The van der Waals surface area contributed by atoms with Gasteiger partial charge in [0.2, 0.25) is 0 Å². The van der Waals surface area contributed by atoms with E-state index in [0.29, 0.717) is 10.6 Å². The number of carbonyl (C=O) groups is 1. The van der Waals surface area contributed by atoms with Gasteiger partial charge < -0.3 is 5.73 Å². The van der Waals surface area contributed by atoms with E-state index < -0.39 is 5.91 Å². The first-order valence-corrected chi connectivity index (χ1v) is 6.80. The van der Waals surface area contributed by atoms with Crippen LogP contribution >= 0.6 is 11.3 Å². The third kappa shape index (κ3) is 2.59. The van der Waals surface area contributed by atoms with E-state index in [2.05, 4.69) is 24.0 Å². The van der Waals surface area contributed by atoms with Gasteiger partial charge in [0.15, 0.2) is 0 Å². The lowest BCUT2D eigenvalue weighted by molar-refractivity contribution is 0.100. The quantitative estimate of drug-likeness (QED) is 0.918. The maximum atomic E-state index is 11.2. The molecule has 0 aliphatic carbocycles. The Labute approximate surface area is 111 Å². The van der Waals surface area contributed by atoms with E-state index >= 15 is 0 Å². The van der Waals surface area contributed by atoms with Crippen LogP contribution in [-0.2, 0) is 6.42 Å². The first kappa shape index (κ1) is 12.8. The first-order valence-electron chi connectivity index (χ1n) is 5.98. The summed E-state index contributed by atoms with van der Waals surface area (Å²) in [6, 6.07) is 8.32. The Bertz CT molecular complexity index is 558. The number of primary amides is 1. The molecule has 0 saturated heterocycles. The van der Waals surface area contributed by atoms with Crippen LogP contribution in [0.15, 0.2) is 24.3 Å². The van der Waals surface area contributed by atoms with Crippen LogP contribution in [-0.4, -0.2) is 10.9 Å². The minimum Gasteiger partial charge on any atom is -0.365 e. The minimum absolute atomic E-state index is 0.404. The Morgan fingerprint density at radius 3 is 2.50 bits per heavy atom. The van der Waals surface area contributed by atoms with Crippen molar-refractivity contribution in [1.29, 1.82) is 0 Å². The summed E-state index contributed by atoms with van der Waals surface area (Å²) in [4.78, 5) is 16.1. The number of hydrogen-bond acceptors (Lipinski definition) is 3.